The number of fused-ring (bicyclic) bond motifs is 1. The van der Waals surface area contributed by atoms with Crippen molar-refractivity contribution >= 4 is 28.3 Å². The van der Waals surface area contributed by atoms with Gasteiger partial charge in [0.1, 0.15) is 6.54 Å². The molecule has 0 saturated heterocycles. The second-order valence-corrected chi connectivity index (χ2v) is 6.78. The predicted octanol–water partition coefficient (Wildman–Crippen LogP) is 3.84. The summed E-state index contributed by atoms with van der Waals surface area (Å²) in [5.74, 6) is -0.262. The molecule has 0 saturated carbocycles. The Balaban J connectivity index is 1.74. The maximum atomic E-state index is 12.9. The van der Waals surface area contributed by atoms with E-state index in [0.29, 0.717) is 30.6 Å². The van der Waals surface area contributed by atoms with E-state index in [1.165, 1.54) is 0 Å². The summed E-state index contributed by atoms with van der Waals surface area (Å²) in [6.07, 6.45) is 2.84. The number of ether oxygens (including phenoxy) is 1. The van der Waals surface area contributed by atoms with Crippen LogP contribution in [0.25, 0.3) is 10.9 Å². The van der Waals surface area contributed by atoms with Gasteiger partial charge in [-0.25, -0.2) is 0 Å². The van der Waals surface area contributed by atoms with Gasteiger partial charge < -0.3 is 14.6 Å². The molecule has 0 atom stereocenters. The maximum Gasteiger partial charge on any atom is 0.325 e. The molecule has 2 aromatic carbocycles. The molecule has 0 radical (unpaired) electrons. The maximum absolute atomic E-state index is 12.9. The molecule has 0 bridgehead atoms. The van der Waals surface area contributed by atoms with Crippen molar-refractivity contribution in [1.82, 2.24) is 4.57 Å². The smallest absolute Gasteiger partial charge is 0.325 e. The molecular formula is C23H23N3O3. The van der Waals surface area contributed by atoms with Gasteiger partial charge in [-0.1, -0.05) is 12.1 Å². The second-order valence-electron chi connectivity index (χ2n) is 6.78. The highest BCUT2D eigenvalue weighted by Gasteiger charge is 2.15. The van der Waals surface area contributed by atoms with Crippen LogP contribution in [-0.2, 0) is 23.0 Å². The number of hydrogen-bond acceptors (Lipinski definition) is 5. The molecule has 29 heavy (non-hydrogen) atoms. The zero-order valence-electron chi connectivity index (χ0n) is 16.6. The molecule has 0 spiro atoms. The number of carbonyl (C=O) groups excluding carboxylic acids is 2. The highest BCUT2D eigenvalue weighted by atomic mass is 16.5. The molecule has 1 aromatic heterocycles. The first kappa shape index (κ1) is 20.2. The van der Waals surface area contributed by atoms with Crippen LogP contribution in [-0.4, -0.2) is 29.5 Å². The normalized spacial score (nSPS) is 10.5. The molecule has 1 heterocycles. The largest absolute Gasteiger partial charge is 0.465 e. The first-order valence-corrected chi connectivity index (χ1v) is 9.52. The van der Waals surface area contributed by atoms with Crippen molar-refractivity contribution < 1.29 is 14.3 Å². The number of nitrogens with zero attached hydrogens (tertiary/aromatic N) is 2. The van der Waals surface area contributed by atoms with E-state index in [-0.39, 0.29) is 18.3 Å². The highest BCUT2D eigenvalue weighted by Crippen LogP contribution is 2.26. The number of benzene rings is 2. The molecule has 0 aliphatic carbocycles. The third kappa shape index (κ3) is 4.82. The minimum absolute atomic E-state index is 0.0579. The van der Waals surface area contributed by atoms with Crippen molar-refractivity contribution in [1.29, 1.82) is 5.26 Å². The fourth-order valence-corrected chi connectivity index (χ4v) is 3.25. The van der Waals surface area contributed by atoms with Crippen LogP contribution >= 0.6 is 0 Å². The molecule has 0 aliphatic heterocycles. The van der Waals surface area contributed by atoms with Crippen LogP contribution in [0, 0.1) is 11.3 Å². The summed E-state index contributed by atoms with van der Waals surface area (Å²) in [6.45, 7) is 2.19. The number of nitrogens with one attached hydrogen (secondary N) is 1. The van der Waals surface area contributed by atoms with Gasteiger partial charge in [0.2, 0.25) is 0 Å². The predicted molar refractivity (Wildman–Crippen MR) is 112 cm³/mol. The summed E-state index contributed by atoms with van der Waals surface area (Å²) in [6, 6.07) is 15.1. The number of aryl methyl sites for hydroxylation is 2. The van der Waals surface area contributed by atoms with Crippen molar-refractivity contribution in [3.05, 3.63) is 65.4 Å². The van der Waals surface area contributed by atoms with Crippen LogP contribution in [0.5, 0.6) is 0 Å². The Bertz CT molecular complexity index is 1080. The molecule has 0 aliphatic rings. The first-order chi connectivity index (χ1) is 14.0. The SMILES string of the molecule is CCOC(=O)CNc1ccc2c(c1)c(C(=O)CCc1ccc(C#N)cc1)cn2C. The summed E-state index contributed by atoms with van der Waals surface area (Å²) >= 11 is 0. The lowest BCUT2D eigenvalue weighted by Crippen LogP contribution is -2.16. The number of rotatable bonds is 8. The molecule has 3 rings (SSSR count). The fourth-order valence-electron chi connectivity index (χ4n) is 3.25. The van der Waals surface area contributed by atoms with E-state index < -0.39 is 0 Å². The lowest BCUT2D eigenvalue weighted by Gasteiger charge is -2.07. The summed E-state index contributed by atoms with van der Waals surface area (Å²) < 4.78 is 6.86. The molecule has 148 valence electrons. The van der Waals surface area contributed by atoms with Crippen LogP contribution < -0.4 is 5.32 Å². The van der Waals surface area contributed by atoms with Crippen LogP contribution in [0.3, 0.4) is 0 Å². The Hall–Kier alpha value is -3.59. The Morgan fingerprint density at radius 3 is 2.62 bits per heavy atom. The lowest BCUT2D eigenvalue weighted by molar-refractivity contribution is -0.140. The van der Waals surface area contributed by atoms with Crippen molar-refractivity contribution in [2.24, 2.45) is 7.05 Å². The monoisotopic (exact) mass is 389 g/mol. The Labute approximate surface area is 169 Å². The van der Waals surface area contributed by atoms with Crippen molar-refractivity contribution in [2.75, 3.05) is 18.5 Å². The third-order valence-corrected chi connectivity index (χ3v) is 4.76. The zero-order chi connectivity index (χ0) is 20.8. The topological polar surface area (TPSA) is 84.1 Å². The molecule has 6 nitrogen and oxygen atoms in total. The zero-order valence-corrected chi connectivity index (χ0v) is 16.6. The van der Waals surface area contributed by atoms with Crippen LogP contribution in [0.15, 0.2) is 48.7 Å². The Kier molecular flexibility index (Phi) is 6.30. The van der Waals surface area contributed by atoms with Crippen molar-refractivity contribution in [3.8, 4) is 6.07 Å². The Morgan fingerprint density at radius 1 is 1.17 bits per heavy atom. The molecule has 0 fully saturated rings. The first-order valence-electron chi connectivity index (χ1n) is 9.52. The summed E-state index contributed by atoms with van der Waals surface area (Å²) in [7, 11) is 1.91. The van der Waals surface area contributed by atoms with Crippen LogP contribution in [0.1, 0.15) is 34.8 Å². The summed E-state index contributed by atoms with van der Waals surface area (Å²) in [4.78, 5) is 24.4. The number of ketones is 1. The molecule has 1 N–H and O–H groups in total. The van der Waals surface area contributed by atoms with E-state index in [4.69, 9.17) is 10.00 Å². The van der Waals surface area contributed by atoms with Crippen molar-refractivity contribution in [3.63, 3.8) is 0 Å². The van der Waals surface area contributed by atoms with Crippen LogP contribution in [0.4, 0.5) is 5.69 Å². The van der Waals surface area contributed by atoms with Gasteiger partial charge in [0, 0.05) is 41.8 Å². The quantitative estimate of drug-likeness (QED) is 0.467. The average molecular weight is 389 g/mol. The molecular weight excluding hydrogens is 366 g/mol. The Morgan fingerprint density at radius 2 is 1.93 bits per heavy atom. The van der Waals surface area contributed by atoms with E-state index in [2.05, 4.69) is 11.4 Å². The van der Waals surface area contributed by atoms with Gasteiger partial charge in [-0.15, -0.1) is 0 Å². The van der Waals surface area contributed by atoms with Gasteiger partial charge in [-0.05, 0) is 49.2 Å². The number of carbonyl (C=O) groups is 2. The number of anilines is 1. The van der Waals surface area contributed by atoms with Gasteiger partial charge >= 0.3 is 5.97 Å². The number of Topliss-reactive ketones (excluding diaryl/α,β-unsaturated/α-hetero) is 1. The molecule has 0 unspecified atom stereocenters. The van der Waals surface area contributed by atoms with E-state index in [0.717, 1.165) is 22.2 Å². The van der Waals surface area contributed by atoms with E-state index in [1.54, 1.807) is 19.1 Å². The third-order valence-electron chi connectivity index (χ3n) is 4.76. The second kappa shape index (κ2) is 9.07. The van der Waals surface area contributed by atoms with Gasteiger partial charge in [-0.2, -0.15) is 5.26 Å². The lowest BCUT2D eigenvalue weighted by atomic mass is 10.0. The number of aromatic nitrogens is 1. The number of esters is 1. The van der Waals surface area contributed by atoms with E-state index in [1.807, 2.05) is 48.1 Å². The van der Waals surface area contributed by atoms with Crippen molar-refractivity contribution in [2.45, 2.75) is 19.8 Å². The summed E-state index contributed by atoms with van der Waals surface area (Å²) in [5.41, 5.74) is 4.01. The van der Waals surface area contributed by atoms with Gasteiger partial charge in [0.25, 0.3) is 0 Å². The number of hydrogen-bond donors (Lipinski definition) is 1. The highest BCUT2D eigenvalue weighted by molar-refractivity contribution is 6.08. The standard InChI is InChI=1S/C23H23N3O3/c1-3-29-23(28)14-25-18-9-10-21-19(12-18)20(15-26(21)2)22(27)11-8-16-4-6-17(13-24)7-5-16/h4-7,9-10,12,15,25H,3,8,11,14H2,1-2H3. The van der Waals surface area contributed by atoms with Gasteiger partial charge in [-0.3, -0.25) is 9.59 Å². The summed E-state index contributed by atoms with van der Waals surface area (Å²) in [5, 5.41) is 12.8. The molecule has 6 heteroatoms. The van der Waals surface area contributed by atoms with E-state index in [9.17, 15) is 9.59 Å². The molecule has 3 aromatic rings. The molecule has 0 amide bonds. The number of nitriles is 1. The van der Waals surface area contributed by atoms with E-state index >= 15 is 0 Å². The van der Waals surface area contributed by atoms with Gasteiger partial charge in [0.15, 0.2) is 5.78 Å². The fraction of sp³-hybridized carbons (Fsp3) is 0.261. The van der Waals surface area contributed by atoms with Crippen LogP contribution in [0.2, 0.25) is 0 Å². The average Bonchev–Trinajstić information content (AvgIpc) is 3.07. The minimum atomic E-state index is -0.320. The minimum Gasteiger partial charge on any atom is -0.465 e. The van der Waals surface area contributed by atoms with Gasteiger partial charge in [0.05, 0.1) is 18.2 Å².